The van der Waals surface area contributed by atoms with Gasteiger partial charge < -0.3 is 5.32 Å². The van der Waals surface area contributed by atoms with Gasteiger partial charge >= 0.3 is 0 Å². The molecule has 0 saturated heterocycles. The number of hydrogen-bond donors (Lipinski definition) is 2. The Hall–Kier alpha value is -1.39. The molecule has 0 atom stereocenters. The van der Waals surface area contributed by atoms with Gasteiger partial charge in [-0.2, -0.15) is 5.10 Å². The van der Waals surface area contributed by atoms with E-state index in [4.69, 9.17) is 0 Å². The average molecular weight is 180 g/mol. The van der Waals surface area contributed by atoms with Crippen LogP contribution >= 0.6 is 0 Å². The minimum absolute atomic E-state index is 0.0239. The summed E-state index contributed by atoms with van der Waals surface area (Å²) in [6, 6.07) is 0. The van der Waals surface area contributed by atoms with Crippen molar-refractivity contribution in [2.75, 3.05) is 0 Å². The Balaban J connectivity index is 1.99. The van der Waals surface area contributed by atoms with E-state index in [0.29, 0.717) is 0 Å². The quantitative estimate of drug-likeness (QED) is 0.695. The molecule has 1 amide bonds. The molecule has 0 bridgehead atoms. The molecular formula is C8H12N4O. The number of aromatic nitrogens is 3. The molecule has 0 unspecified atom stereocenters. The molecule has 1 aromatic heterocycles. The summed E-state index contributed by atoms with van der Waals surface area (Å²) in [5, 5.41) is 9.08. The smallest absolute Gasteiger partial charge is 0.289 e. The fourth-order valence-corrected chi connectivity index (χ4v) is 1.48. The van der Waals surface area contributed by atoms with Crippen LogP contribution in [0.3, 0.4) is 0 Å². The third-order valence-electron chi connectivity index (χ3n) is 2.50. The molecule has 70 valence electrons. The molecular weight excluding hydrogens is 168 g/mol. The molecule has 0 radical (unpaired) electrons. The van der Waals surface area contributed by atoms with Gasteiger partial charge in [-0.3, -0.25) is 9.89 Å². The van der Waals surface area contributed by atoms with Gasteiger partial charge in [0.25, 0.3) is 5.91 Å². The fourth-order valence-electron chi connectivity index (χ4n) is 1.48. The fraction of sp³-hybridized carbons (Fsp3) is 0.625. The van der Waals surface area contributed by atoms with Crippen molar-refractivity contribution in [2.45, 2.75) is 31.7 Å². The van der Waals surface area contributed by atoms with Gasteiger partial charge in [0.2, 0.25) is 5.82 Å². The third kappa shape index (κ3) is 1.54. The lowest BCUT2D eigenvalue weighted by Gasteiger charge is -2.38. The molecule has 5 heteroatoms. The lowest BCUT2D eigenvalue weighted by molar-refractivity contribution is 0.0840. The van der Waals surface area contributed by atoms with Crippen molar-refractivity contribution in [3.63, 3.8) is 0 Å². The van der Waals surface area contributed by atoms with Crippen LogP contribution in [0.15, 0.2) is 6.33 Å². The van der Waals surface area contributed by atoms with Gasteiger partial charge in [0.05, 0.1) is 0 Å². The maximum absolute atomic E-state index is 11.5. The second-order valence-electron chi connectivity index (χ2n) is 3.70. The van der Waals surface area contributed by atoms with Gasteiger partial charge in [-0.25, -0.2) is 4.98 Å². The zero-order valence-electron chi connectivity index (χ0n) is 7.50. The first kappa shape index (κ1) is 8.22. The maximum atomic E-state index is 11.5. The van der Waals surface area contributed by atoms with E-state index in [0.717, 1.165) is 12.8 Å². The third-order valence-corrected chi connectivity index (χ3v) is 2.50. The van der Waals surface area contributed by atoms with Gasteiger partial charge in [0.1, 0.15) is 6.33 Å². The second-order valence-corrected chi connectivity index (χ2v) is 3.70. The highest BCUT2D eigenvalue weighted by Crippen LogP contribution is 2.30. The zero-order chi connectivity index (χ0) is 9.31. The monoisotopic (exact) mass is 180 g/mol. The topological polar surface area (TPSA) is 70.7 Å². The van der Waals surface area contributed by atoms with Crippen molar-refractivity contribution in [3.05, 3.63) is 12.2 Å². The summed E-state index contributed by atoms with van der Waals surface area (Å²) >= 11 is 0. The van der Waals surface area contributed by atoms with E-state index >= 15 is 0 Å². The van der Waals surface area contributed by atoms with Crippen LogP contribution in [0.2, 0.25) is 0 Å². The number of nitrogens with one attached hydrogen (secondary N) is 2. The van der Waals surface area contributed by atoms with E-state index in [1.54, 1.807) is 0 Å². The molecule has 1 aromatic rings. The van der Waals surface area contributed by atoms with Crippen molar-refractivity contribution in [2.24, 2.45) is 0 Å². The summed E-state index contributed by atoms with van der Waals surface area (Å²) in [6.07, 6.45) is 4.62. The van der Waals surface area contributed by atoms with E-state index in [2.05, 4.69) is 20.5 Å². The molecule has 0 spiro atoms. The first-order chi connectivity index (χ1) is 6.20. The summed E-state index contributed by atoms with van der Waals surface area (Å²) in [4.78, 5) is 15.2. The maximum Gasteiger partial charge on any atom is 0.289 e. The van der Waals surface area contributed by atoms with Crippen molar-refractivity contribution in [1.82, 2.24) is 20.5 Å². The van der Waals surface area contributed by atoms with Gasteiger partial charge in [-0.05, 0) is 26.2 Å². The number of H-pyrrole nitrogens is 1. The van der Waals surface area contributed by atoms with Crippen LogP contribution in [0.5, 0.6) is 0 Å². The molecule has 2 rings (SSSR count). The van der Waals surface area contributed by atoms with Crippen LogP contribution in [-0.2, 0) is 0 Å². The predicted molar refractivity (Wildman–Crippen MR) is 46.1 cm³/mol. The van der Waals surface area contributed by atoms with Crippen molar-refractivity contribution >= 4 is 5.91 Å². The summed E-state index contributed by atoms with van der Waals surface area (Å²) < 4.78 is 0. The molecule has 1 saturated carbocycles. The van der Waals surface area contributed by atoms with Crippen molar-refractivity contribution in [1.29, 1.82) is 0 Å². The average Bonchev–Trinajstić information content (AvgIpc) is 2.53. The SMILES string of the molecule is CC1(NC(=O)c2ncn[nH]2)CCC1. The van der Waals surface area contributed by atoms with Crippen LogP contribution in [0.1, 0.15) is 36.8 Å². The minimum atomic E-state index is -0.167. The molecule has 5 nitrogen and oxygen atoms in total. The highest BCUT2D eigenvalue weighted by Gasteiger charge is 2.33. The Morgan fingerprint density at radius 3 is 2.92 bits per heavy atom. The van der Waals surface area contributed by atoms with E-state index < -0.39 is 0 Å². The highest BCUT2D eigenvalue weighted by atomic mass is 16.2. The standard InChI is InChI=1S/C8H12N4O/c1-8(3-2-4-8)11-7(13)6-9-5-10-12-6/h5H,2-4H2,1H3,(H,11,13)(H,9,10,12). The Kier molecular flexibility index (Phi) is 1.79. The van der Waals surface area contributed by atoms with Gasteiger partial charge in [-0.15, -0.1) is 0 Å². The highest BCUT2D eigenvalue weighted by molar-refractivity contribution is 5.90. The Morgan fingerprint density at radius 1 is 1.69 bits per heavy atom. The number of hydrogen-bond acceptors (Lipinski definition) is 3. The predicted octanol–water partition coefficient (Wildman–Crippen LogP) is 0.477. The molecule has 2 N–H and O–H groups in total. The number of rotatable bonds is 2. The van der Waals surface area contributed by atoms with Gasteiger partial charge in [0, 0.05) is 5.54 Å². The molecule has 1 fully saturated rings. The zero-order valence-corrected chi connectivity index (χ0v) is 7.50. The minimum Gasteiger partial charge on any atom is -0.344 e. The first-order valence-electron chi connectivity index (χ1n) is 4.37. The number of nitrogens with zero attached hydrogens (tertiary/aromatic N) is 2. The Morgan fingerprint density at radius 2 is 2.46 bits per heavy atom. The van der Waals surface area contributed by atoms with Crippen molar-refractivity contribution < 1.29 is 4.79 Å². The molecule has 1 heterocycles. The Labute approximate surface area is 75.9 Å². The van der Waals surface area contributed by atoms with E-state index in [-0.39, 0.29) is 17.3 Å². The van der Waals surface area contributed by atoms with Crippen LogP contribution in [0, 0.1) is 0 Å². The molecule has 1 aliphatic carbocycles. The lowest BCUT2D eigenvalue weighted by Crippen LogP contribution is -2.51. The normalized spacial score (nSPS) is 19.2. The van der Waals surface area contributed by atoms with Crippen LogP contribution < -0.4 is 5.32 Å². The second kappa shape index (κ2) is 2.83. The number of aromatic amines is 1. The van der Waals surface area contributed by atoms with E-state index in [1.165, 1.54) is 12.7 Å². The number of amides is 1. The van der Waals surface area contributed by atoms with E-state index in [1.807, 2.05) is 6.92 Å². The Bertz CT molecular complexity index is 302. The summed E-state index contributed by atoms with van der Waals surface area (Å²) in [5.74, 6) is 0.118. The van der Waals surface area contributed by atoms with E-state index in [9.17, 15) is 4.79 Å². The number of carbonyl (C=O) groups excluding carboxylic acids is 1. The lowest BCUT2D eigenvalue weighted by atomic mass is 9.78. The largest absolute Gasteiger partial charge is 0.344 e. The van der Waals surface area contributed by atoms with Crippen LogP contribution in [-0.4, -0.2) is 26.6 Å². The summed E-state index contributed by atoms with van der Waals surface area (Å²) in [7, 11) is 0. The van der Waals surface area contributed by atoms with Crippen molar-refractivity contribution in [3.8, 4) is 0 Å². The van der Waals surface area contributed by atoms with Crippen LogP contribution in [0.4, 0.5) is 0 Å². The number of carbonyl (C=O) groups is 1. The summed E-state index contributed by atoms with van der Waals surface area (Å²) in [5.41, 5.74) is -0.0239. The molecule has 0 aromatic carbocycles. The van der Waals surface area contributed by atoms with Gasteiger partial charge in [0.15, 0.2) is 0 Å². The molecule has 1 aliphatic rings. The molecule has 0 aliphatic heterocycles. The summed E-state index contributed by atoms with van der Waals surface area (Å²) in [6.45, 7) is 2.05. The first-order valence-corrected chi connectivity index (χ1v) is 4.37. The molecule has 13 heavy (non-hydrogen) atoms. The van der Waals surface area contributed by atoms with Crippen LogP contribution in [0.25, 0.3) is 0 Å². The van der Waals surface area contributed by atoms with Gasteiger partial charge in [-0.1, -0.05) is 0 Å².